The van der Waals surface area contributed by atoms with Crippen molar-refractivity contribution in [2.24, 2.45) is 5.73 Å². The van der Waals surface area contributed by atoms with Crippen molar-refractivity contribution in [2.75, 3.05) is 11.4 Å². The Morgan fingerprint density at radius 2 is 2.16 bits per heavy atom. The van der Waals surface area contributed by atoms with Crippen molar-refractivity contribution in [2.45, 2.75) is 26.8 Å². The summed E-state index contributed by atoms with van der Waals surface area (Å²) in [7, 11) is -2.88. The quantitative estimate of drug-likeness (QED) is 0.845. The van der Waals surface area contributed by atoms with Crippen LogP contribution in [0.25, 0.3) is 0 Å². The molecule has 0 saturated carbocycles. The van der Waals surface area contributed by atoms with Gasteiger partial charge in [-0.3, -0.25) is 9.78 Å². The summed E-state index contributed by atoms with van der Waals surface area (Å²) in [5, 5.41) is 0. The first-order chi connectivity index (χ1) is 8.81. The van der Waals surface area contributed by atoms with Gasteiger partial charge < -0.3 is 9.92 Å². The highest BCUT2D eigenvalue weighted by atomic mass is 32.2. The van der Waals surface area contributed by atoms with E-state index in [1.807, 2.05) is 0 Å². The fourth-order valence-corrected chi connectivity index (χ4v) is 2.25. The van der Waals surface area contributed by atoms with Crippen molar-refractivity contribution >= 4 is 22.0 Å². The van der Waals surface area contributed by atoms with Crippen LogP contribution in [0.5, 0.6) is 0 Å². The van der Waals surface area contributed by atoms with E-state index in [4.69, 9.17) is 5.73 Å². The van der Waals surface area contributed by atoms with Gasteiger partial charge in [0.25, 0.3) is 0 Å². The fraction of sp³-hybridized carbons (Fsp3) is 0.455. The maximum atomic E-state index is 11.9. The third-order valence-electron chi connectivity index (χ3n) is 2.48. The zero-order valence-corrected chi connectivity index (χ0v) is 11.9. The average molecular weight is 287 g/mol. The molecular formula is C11H17N3O4S. The summed E-state index contributed by atoms with van der Waals surface area (Å²) in [5.41, 5.74) is 7.07. The lowest BCUT2D eigenvalue weighted by atomic mass is 10.2. The van der Waals surface area contributed by atoms with Crippen LogP contribution in [0.15, 0.2) is 12.3 Å². The molecular weight excluding hydrogens is 270 g/mol. The van der Waals surface area contributed by atoms with Gasteiger partial charge in [-0.2, -0.15) is 8.42 Å². The van der Waals surface area contributed by atoms with Crippen LogP contribution in [-0.4, -0.2) is 26.4 Å². The van der Waals surface area contributed by atoms with E-state index in [0.717, 1.165) is 4.31 Å². The van der Waals surface area contributed by atoms with Crippen molar-refractivity contribution in [3.63, 3.8) is 0 Å². The van der Waals surface area contributed by atoms with Gasteiger partial charge in [-0.05, 0) is 13.0 Å². The molecule has 0 saturated heterocycles. The van der Waals surface area contributed by atoms with Gasteiger partial charge in [0.2, 0.25) is 0 Å². The van der Waals surface area contributed by atoms with E-state index in [1.54, 1.807) is 13.0 Å². The van der Waals surface area contributed by atoms with Crippen LogP contribution in [0.3, 0.4) is 0 Å². The van der Waals surface area contributed by atoms with Gasteiger partial charge in [0.15, 0.2) is 0 Å². The summed E-state index contributed by atoms with van der Waals surface area (Å²) in [6.07, 6.45) is 1.48. The topological polar surface area (TPSA) is 103 Å². The Morgan fingerprint density at radius 3 is 2.68 bits per heavy atom. The lowest BCUT2D eigenvalue weighted by molar-refractivity contribution is -0.133. The zero-order chi connectivity index (χ0) is 14.6. The van der Waals surface area contributed by atoms with Gasteiger partial charge in [-0.15, -0.1) is 0 Å². The molecule has 19 heavy (non-hydrogen) atoms. The molecule has 0 aliphatic rings. The molecule has 2 N–H and O–H groups in total. The lowest BCUT2D eigenvalue weighted by Crippen LogP contribution is -2.31. The third-order valence-corrected chi connectivity index (χ3v) is 3.74. The number of carbonyl (C=O) groups excluding carboxylic acids is 1. The Hall–Kier alpha value is -1.67. The van der Waals surface area contributed by atoms with Gasteiger partial charge in [0.1, 0.15) is 0 Å². The van der Waals surface area contributed by atoms with E-state index >= 15 is 0 Å². The molecule has 0 aromatic carbocycles. The molecule has 0 aliphatic carbocycles. The highest BCUT2D eigenvalue weighted by molar-refractivity contribution is 7.88. The molecule has 0 amide bonds. The molecule has 0 unspecified atom stereocenters. The van der Waals surface area contributed by atoms with Crippen LogP contribution < -0.4 is 10.0 Å². The molecule has 0 aliphatic heterocycles. The summed E-state index contributed by atoms with van der Waals surface area (Å²) >= 11 is 0. The number of hydrogen-bond donors (Lipinski definition) is 1. The van der Waals surface area contributed by atoms with Crippen LogP contribution in [0.1, 0.15) is 24.6 Å². The van der Waals surface area contributed by atoms with Gasteiger partial charge in [0.05, 0.1) is 5.69 Å². The van der Waals surface area contributed by atoms with Crippen LogP contribution in [0.4, 0.5) is 5.69 Å². The normalized spacial score (nSPS) is 11.2. The van der Waals surface area contributed by atoms with Gasteiger partial charge in [-0.25, -0.2) is 4.31 Å². The van der Waals surface area contributed by atoms with Crippen LogP contribution >= 0.6 is 0 Å². The number of hydrogen-bond acceptors (Lipinski definition) is 6. The molecule has 1 rings (SSSR count). The number of rotatable bonds is 5. The average Bonchev–Trinajstić information content (AvgIpc) is 2.37. The van der Waals surface area contributed by atoms with Gasteiger partial charge in [-0.1, -0.05) is 6.92 Å². The van der Waals surface area contributed by atoms with E-state index < -0.39 is 16.3 Å². The highest BCUT2D eigenvalue weighted by Crippen LogP contribution is 2.22. The minimum atomic E-state index is -4.17. The zero-order valence-electron chi connectivity index (χ0n) is 11.1. The maximum absolute atomic E-state index is 11.9. The Balaban J connectivity index is 3.15. The highest BCUT2D eigenvalue weighted by Gasteiger charge is 2.24. The van der Waals surface area contributed by atoms with E-state index in [-0.39, 0.29) is 13.0 Å². The summed E-state index contributed by atoms with van der Waals surface area (Å²) in [4.78, 5) is 15.2. The van der Waals surface area contributed by atoms with Crippen molar-refractivity contribution < 1.29 is 17.4 Å². The molecule has 0 spiro atoms. The standard InChI is InChI=1S/C11H17N3O4S/c1-4-11(15)18-19(16,17)14(3)10-5-8(2)13-7-9(10)6-12/h5,7H,4,6,12H2,1-3H3. The Kier molecular flexibility index (Phi) is 4.84. The number of nitrogens with two attached hydrogens (primary N) is 1. The second kappa shape index (κ2) is 5.98. The smallest absolute Gasteiger partial charge is 0.330 e. The van der Waals surface area contributed by atoms with Crippen molar-refractivity contribution in [1.82, 2.24) is 4.98 Å². The van der Waals surface area contributed by atoms with Crippen LogP contribution in [-0.2, 0) is 25.8 Å². The molecule has 0 atom stereocenters. The Labute approximate surface area is 112 Å². The number of nitrogens with zero attached hydrogens (tertiary/aromatic N) is 2. The second-order valence-corrected chi connectivity index (χ2v) is 5.46. The first-order valence-corrected chi connectivity index (χ1v) is 7.05. The maximum Gasteiger partial charge on any atom is 0.412 e. The number of aromatic nitrogens is 1. The minimum Gasteiger partial charge on any atom is -0.330 e. The molecule has 8 heteroatoms. The number of carbonyl (C=O) groups is 1. The third kappa shape index (κ3) is 3.65. The first kappa shape index (κ1) is 15.4. The first-order valence-electron chi connectivity index (χ1n) is 5.68. The van der Waals surface area contributed by atoms with Crippen molar-refractivity contribution in [1.29, 1.82) is 0 Å². The second-order valence-electron chi connectivity index (χ2n) is 3.89. The molecule has 1 heterocycles. The lowest BCUT2D eigenvalue weighted by Gasteiger charge is -2.20. The molecule has 1 aromatic heterocycles. The summed E-state index contributed by atoms with van der Waals surface area (Å²) < 4.78 is 29.1. The predicted molar refractivity (Wildman–Crippen MR) is 70.6 cm³/mol. The number of anilines is 1. The molecule has 7 nitrogen and oxygen atoms in total. The van der Waals surface area contributed by atoms with Crippen LogP contribution in [0.2, 0.25) is 0 Å². The molecule has 0 bridgehead atoms. The Bertz CT molecular complexity index is 571. The SMILES string of the molecule is CCC(=O)OS(=O)(=O)N(C)c1cc(C)ncc1CN. The molecule has 0 fully saturated rings. The van der Waals surface area contributed by atoms with Gasteiger partial charge in [0, 0.05) is 37.5 Å². The van der Waals surface area contributed by atoms with E-state index in [1.165, 1.54) is 20.2 Å². The fourth-order valence-electron chi connectivity index (χ4n) is 1.38. The summed E-state index contributed by atoms with van der Waals surface area (Å²) in [6.45, 7) is 3.37. The monoisotopic (exact) mass is 287 g/mol. The molecule has 106 valence electrons. The predicted octanol–water partition coefficient (Wildman–Crippen LogP) is 0.483. The van der Waals surface area contributed by atoms with E-state index in [9.17, 15) is 13.2 Å². The summed E-state index contributed by atoms with van der Waals surface area (Å²) in [6, 6.07) is 1.57. The summed E-state index contributed by atoms with van der Waals surface area (Å²) in [5.74, 6) is -0.813. The van der Waals surface area contributed by atoms with Crippen molar-refractivity contribution in [3.8, 4) is 0 Å². The molecule has 1 aromatic rings. The number of aryl methyl sites for hydroxylation is 1. The number of pyridine rings is 1. The minimum absolute atomic E-state index is 0.0216. The Morgan fingerprint density at radius 1 is 1.53 bits per heavy atom. The van der Waals surface area contributed by atoms with E-state index in [2.05, 4.69) is 9.17 Å². The van der Waals surface area contributed by atoms with Crippen molar-refractivity contribution in [3.05, 3.63) is 23.5 Å². The molecule has 0 radical (unpaired) electrons. The van der Waals surface area contributed by atoms with E-state index in [0.29, 0.717) is 16.9 Å². The van der Waals surface area contributed by atoms with Gasteiger partial charge >= 0.3 is 16.3 Å². The van der Waals surface area contributed by atoms with Crippen LogP contribution in [0, 0.1) is 6.92 Å². The largest absolute Gasteiger partial charge is 0.412 e.